The van der Waals surface area contributed by atoms with Crippen LogP contribution < -0.4 is 10.2 Å². The van der Waals surface area contributed by atoms with Gasteiger partial charge in [-0.1, -0.05) is 29.8 Å². The Labute approximate surface area is 133 Å². The second kappa shape index (κ2) is 5.63. The molecule has 4 rings (SSSR count). The van der Waals surface area contributed by atoms with E-state index < -0.39 is 0 Å². The number of aromatic nitrogens is 1. The zero-order valence-corrected chi connectivity index (χ0v) is 12.8. The minimum Gasteiger partial charge on any atom is -0.436 e. The number of hydrogen-bond donors (Lipinski definition) is 1. The number of halogens is 1. The Bertz CT molecular complexity index is 809. The van der Waals surface area contributed by atoms with Gasteiger partial charge < -0.3 is 14.6 Å². The summed E-state index contributed by atoms with van der Waals surface area (Å²) >= 11 is 6.26. The smallest absolute Gasteiger partial charge is 0.228 e. The molecule has 0 saturated carbocycles. The van der Waals surface area contributed by atoms with Crippen molar-refractivity contribution in [3.63, 3.8) is 0 Å². The molecule has 0 spiro atoms. The molecule has 1 fully saturated rings. The van der Waals surface area contributed by atoms with E-state index in [-0.39, 0.29) is 0 Å². The molecule has 0 bridgehead atoms. The molecular formula is C17H16ClN3O. The van der Waals surface area contributed by atoms with Gasteiger partial charge in [0.05, 0.1) is 16.3 Å². The summed E-state index contributed by atoms with van der Waals surface area (Å²) in [5.74, 6) is 0.572. The Kier molecular flexibility index (Phi) is 3.48. The molecule has 1 aliphatic rings. The monoisotopic (exact) mass is 313 g/mol. The predicted molar refractivity (Wildman–Crippen MR) is 89.5 cm³/mol. The van der Waals surface area contributed by atoms with Crippen molar-refractivity contribution >= 4 is 28.4 Å². The molecule has 22 heavy (non-hydrogen) atoms. The van der Waals surface area contributed by atoms with Crippen LogP contribution in [0.25, 0.3) is 22.6 Å². The first-order valence-electron chi connectivity index (χ1n) is 7.43. The van der Waals surface area contributed by atoms with Crippen LogP contribution in [0, 0.1) is 0 Å². The molecule has 2 aromatic carbocycles. The number of nitrogens with one attached hydrogen (secondary N) is 1. The molecule has 3 aromatic rings. The van der Waals surface area contributed by atoms with Gasteiger partial charge in [-0.3, -0.25) is 0 Å². The molecule has 1 saturated heterocycles. The van der Waals surface area contributed by atoms with Gasteiger partial charge in [0, 0.05) is 26.2 Å². The first-order valence-corrected chi connectivity index (χ1v) is 7.81. The number of para-hydroxylation sites is 1. The van der Waals surface area contributed by atoms with Crippen molar-refractivity contribution in [2.45, 2.75) is 0 Å². The summed E-state index contributed by atoms with van der Waals surface area (Å²) in [5, 5.41) is 4.02. The van der Waals surface area contributed by atoms with Crippen molar-refractivity contribution < 1.29 is 4.42 Å². The van der Waals surface area contributed by atoms with E-state index in [4.69, 9.17) is 21.0 Å². The first-order chi connectivity index (χ1) is 10.8. The van der Waals surface area contributed by atoms with E-state index in [0.717, 1.165) is 48.5 Å². The van der Waals surface area contributed by atoms with Crippen molar-refractivity contribution in [3.05, 3.63) is 47.5 Å². The lowest BCUT2D eigenvalue weighted by Crippen LogP contribution is -2.43. The second-order valence-corrected chi connectivity index (χ2v) is 5.77. The number of hydrogen-bond acceptors (Lipinski definition) is 4. The van der Waals surface area contributed by atoms with Crippen molar-refractivity contribution in [2.75, 3.05) is 31.1 Å². The van der Waals surface area contributed by atoms with Crippen molar-refractivity contribution in [1.82, 2.24) is 10.3 Å². The molecule has 0 unspecified atom stereocenters. The van der Waals surface area contributed by atoms with E-state index in [1.807, 2.05) is 36.4 Å². The summed E-state index contributed by atoms with van der Waals surface area (Å²) in [7, 11) is 0. The molecule has 0 aliphatic carbocycles. The Morgan fingerprint density at radius 3 is 2.68 bits per heavy atom. The van der Waals surface area contributed by atoms with Crippen LogP contribution in [-0.4, -0.2) is 31.2 Å². The third-order valence-corrected chi connectivity index (χ3v) is 4.29. The second-order valence-electron chi connectivity index (χ2n) is 5.36. The fraction of sp³-hybridized carbons (Fsp3) is 0.235. The van der Waals surface area contributed by atoms with Gasteiger partial charge >= 0.3 is 0 Å². The summed E-state index contributed by atoms with van der Waals surface area (Å²) in [4.78, 5) is 7.05. The Balaban J connectivity index is 1.82. The van der Waals surface area contributed by atoms with Crippen LogP contribution in [0.3, 0.4) is 0 Å². The molecule has 0 amide bonds. The molecule has 2 heterocycles. The number of benzene rings is 2. The highest BCUT2D eigenvalue weighted by atomic mass is 35.5. The summed E-state index contributed by atoms with van der Waals surface area (Å²) in [5.41, 5.74) is 3.65. The van der Waals surface area contributed by atoms with Crippen LogP contribution in [0.4, 0.5) is 5.69 Å². The Morgan fingerprint density at radius 2 is 1.86 bits per heavy atom. The van der Waals surface area contributed by atoms with Crippen LogP contribution in [0.15, 0.2) is 46.9 Å². The van der Waals surface area contributed by atoms with Crippen LogP contribution in [0.2, 0.25) is 5.02 Å². The highest BCUT2D eigenvalue weighted by molar-refractivity contribution is 6.33. The van der Waals surface area contributed by atoms with Crippen molar-refractivity contribution in [1.29, 1.82) is 0 Å². The molecule has 1 N–H and O–H groups in total. The molecule has 1 aromatic heterocycles. The number of piperazine rings is 1. The van der Waals surface area contributed by atoms with Gasteiger partial charge in [0.15, 0.2) is 5.58 Å². The number of anilines is 1. The molecule has 0 radical (unpaired) electrons. The fourth-order valence-corrected chi connectivity index (χ4v) is 3.06. The average Bonchev–Trinajstić information content (AvgIpc) is 3.00. The SMILES string of the molecule is Clc1ccccc1-c1nc2c(N3CCNCC3)cccc2o1. The van der Waals surface area contributed by atoms with Gasteiger partial charge in [0.1, 0.15) is 5.52 Å². The van der Waals surface area contributed by atoms with Crippen LogP contribution >= 0.6 is 11.6 Å². The lowest BCUT2D eigenvalue weighted by atomic mass is 10.2. The van der Waals surface area contributed by atoms with Gasteiger partial charge in [-0.05, 0) is 24.3 Å². The molecule has 4 nitrogen and oxygen atoms in total. The standard InChI is InChI=1S/C17H16ClN3O/c18-13-5-2-1-4-12(13)17-20-16-14(6-3-7-15(16)22-17)21-10-8-19-9-11-21/h1-7,19H,8-11H2. The predicted octanol–water partition coefficient (Wildman–Crippen LogP) is 3.56. The quantitative estimate of drug-likeness (QED) is 0.785. The maximum atomic E-state index is 6.26. The summed E-state index contributed by atoms with van der Waals surface area (Å²) < 4.78 is 5.93. The zero-order chi connectivity index (χ0) is 14.9. The van der Waals surface area contributed by atoms with Gasteiger partial charge in [0.25, 0.3) is 0 Å². The van der Waals surface area contributed by atoms with Gasteiger partial charge in [-0.2, -0.15) is 0 Å². The maximum Gasteiger partial charge on any atom is 0.228 e. The maximum absolute atomic E-state index is 6.26. The molecule has 5 heteroatoms. The van der Waals surface area contributed by atoms with Gasteiger partial charge in [-0.25, -0.2) is 4.98 Å². The van der Waals surface area contributed by atoms with Crippen LogP contribution in [-0.2, 0) is 0 Å². The minimum absolute atomic E-state index is 0.572. The topological polar surface area (TPSA) is 41.3 Å². The van der Waals surface area contributed by atoms with E-state index in [9.17, 15) is 0 Å². The molecular weight excluding hydrogens is 298 g/mol. The molecule has 0 atom stereocenters. The van der Waals surface area contributed by atoms with E-state index in [1.54, 1.807) is 0 Å². The number of rotatable bonds is 2. The molecule has 1 aliphatic heterocycles. The first kappa shape index (κ1) is 13.6. The molecule has 112 valence electrons. The number of nitrogens with zero attached hydrogens (tertiary/aromatic N) is 2. The average molecular weight is 314 g/mol. The van der Waals surface area contributed by atoms with Crippen molar-refractivity contribution in [3.8, 4) is 11.5 Å². The normalized spacial score (nSPS) is 15.4. The Morgan fingerprint density at radius 1 is 1.05 bits per heavy atom. The van der Waals surface area contributed by atoms with Gasteiger partial charge in [0.2, 0.25) is 5.89 Å². The summed E-state index contributed by atoms with van der Waals surface area (Å²) in [6.07, 6.45) is 0. The van der Waals surface area contributed by atoms with Crippen LogP contribution in [0.1, 0.15) is 0 Å². The van der Waals surface area contributed by atoms with Crippen molar-refractivity contribution in [2.24, 2.45) is 0 Å². The lowest BCUT2D eigenvalue weighted by Gasteiger charge is -2.29. The minimum atomic E-state index is 0.572. The van der Waals surface area contributed by atoms with Gasteiger partial charge in [-0.15, -0.1) is 0 Å². The zero-order valence-electron chi connectivity index (χ0n) is 12.1. The summed E-state index contributed by atoms with van der Waals surface area (Å²) in [6.45, 7) is 3.94. The van der Waals surface area contributed by atoms with E-state index in [0.29, 0.717) is 10.9 Å². The van der Waals surface area contributed by atoms with E-state index in [2.05, 4.69) is 16.3 Å². The number of fused-ring (bicyclic) bond motifs is 1. The van der Waals surface area contributed by atoms with E-state index >= 15 is 0 Å². The summed E-state index contributed by atoms with van der Waals surface area (Å²) in [6, 6.07) is 13.7. The largest absolute Gasteiger partial charge is 0.436 e. The lowest BCUT2D eigenvalue weighted by molar-refractivity contribution is 0.590. The highest BCUT2D eigenvalue weighted by Gasteiger charge is 2.18. The number of oxazole rings is 1. The highest BCUT2D eigenvalue weighted by Crippen LogP contribution is 2.33. The third kappa shape index (κ3) is 2.34. The van der Waals surface area contributed by atoms with Crippen LogP contribution in [0.5, 0.6) is 0 Å². The van der Waals surface area contributed by atoms with E-state index in [1.165, 1.54) is 0 Å². The third-order valence-electron chi connectivity index (χ3n) is 3.96. The Hall–Kier alpha value is -2.04. The fourth-order valence-electron chi connectivity index (χ4n) is 2.84.